The zero-order chi connectivity index (χ0) is 14.8. The number of halogens is 1. The molecule has 0 unspecified atom stereocenters. The summed E-state index contributed by atoms with van der Waals surface area (Å²) in [6.45, 7) is 0. The smallest absolute Gasteiger partial charge is 0.256 e. The van der Waals surface area contributed by atoms with Crippen LogP contribution in [0.4, 0.5) is 10.1 Å². The maximum Gasteiger partial charge on any atom is 0.256 e. The van der Waals surface area contributed by atoms with Gasteiger partial charge in [-0.3, -0.25) is 9.78 Å². The number of hydrogen-bond donors (Lipinski definition) is 2. The van der Waals surface area contributed by atoms with Gasteiger partial charge in [0.15, 0.2) is 0 Å². The fourth-order valence-electron chi connectivity index (χ4n) is 2.10. The summed E-state index contributed by atoms with van der Waals surface area (Å²) in [5.74, 6) is -1.32. The Kier molecular flexibility index (Phi) is 3.23. The molecule has 0 aliphatic rings. The van der Waals surface area contributed by atoms with Crippen molar-refractivity contribution in [2.45, 2.75) is 0 Å². The second kappa shape index (κ2) is 5.20. The van der Waals surface area contributed by atoms with Gasteiger partial charge in [0.2, 0.25) is 0 Å². The van der Waals surface area contributed by atoms with E-state index < -0.39 is 11.7 Å². The number of nitrogens with one attached hydrogen (secondary N) is 1. The minimum Gasteiger partial charge on any atom is -0.508 e. The number of hydrogen-bond acceptors (Lipinski definition) is 3. The summed E-state index contributed by atoms with van der Waals surface area (Å²) in [5.41, 5.74) is 1.11. The number of phenolic OH excluding ortho intramolecular Hbond substituents is 1. The van der Waals surface area contributed by atoms with Crippen LogP contribution in [0.3, 0.4) is 0 Å². The molecule has 104 valence electrons. The van der Waals surface area contributed by atoms with Gasteiger partial charge in [-0.05, 0) is 30.3 Å². The van der Waals surface area contributed by atoms with Gasteiger partial charge in [0.25, 0.3) is 5.91 Å². The van der Waals surface area contributed by atoms with Gasteiger partial charge >= 0.3 is 0 Å². The van der Waals surface area contributed by atoms with Crippen molar-refractivity contribution in [3.63, 3.8) is 0 Å². The van der Waals surface area contributed by atoms with Gasteiger partial charge in [0.05, 0.1) is 11.2 Å². The molecule has 21 heavy (non-hydrogen) atoms. The zero-order valence-corrected chi connectivity index (χ0v) is 10.9. The van der Waals surface area contributed by atoms with E-state index >= 15 is 0 Å². The predicted octanol–water partition coefficient (Wildman–Crippen LogP) is 3.33. The summed E-state index contributed by atoms with van der Waals surface area (Å²) in [4.78, 5) is 16.5. The van der Waals surface area contributed by atoms with Crippen molar-refractivity contribution in [3.05, 3.63) is 66.1 Å². The third kappa shape index (κ3) is 2.53. The fraction of sp³-hybridized carbons (Fsp3) is 0. The molecule has 3 aromatic rings. The van der Waals surface area contributed by atoms with E-state index in [2.05, 4.69) is 10.3 Å². The van der Waals surface area contributed by atoms with Gasteiger partial charge in [-0.2, -0.15) is 0 Å². The van der Waals surface area contributed by atoms with Crippen LogP contribution in [0.2, 0.25) is 0 Å². The first-order valence-electron chi connectivity index (χ1n) is 6.29. The zero-order valence-electron chi connectivity index (χ0n) is 10.9. The highest BCUT2D eigenvalue weighted by atomic mass is 19.1. The van der Waals surface area contributed by atoms with Crippen molar-refractivity contribution in [1.29, 1.82) is 0 Å². The first-order valence-corrected chi connectivity index (χ1v) is 6.29. The van der Waals surface area contributed by atoms with Gasteiger partial charge in [-0.25, -0.2) is 4.39 Å². The third-order valence-corrected chi connectivity index (χ3v) is 3.09. The Morgan fingerprint density at radius 3 is 2.81 bits per heavy atom. The lowest BCUT2D eigenvalue weighted by Crippen LogP contribution is -2.13. The highest BCUT2D eigenvalue weighted by molar-refractivity contribution is 6.12. The van der Waals surface area contributed by atoms with E-state index in [1.807, 2.05) is 0 Å². The topological polar surface area (TPSA) is 62.2 Å². The molecule has 3 rings (SSSR count). The Labute approximate surface area is 119 Å². The maximum atomic E-state index is 13.7. The van der Waals surface area contributed by atoms with Crippen molar-refractivity contribution in [1.82, 2.24) is 4.98 Å². The summed E-state index contributed by atoms with van der Waals surface area (Å²) < 4.78 is 13.7. The normalized spacial score (nSPS) is 10.5. The number of aromatic hydroxyl groups is 1. The number of amides is 1. The first-order chi connectivity index (χ1) is 10.1. The van der Waals surface area contributed by atoms with Gasteiger partial charge < -0.3 is 10.4 Å². The molecule has 0 fully saturated rings. The Balaban J connectivity index is 1.97. The molecule has 4 nitrogen and oxygen atoms in total. The van der Waals surface area contributed by atoms with Crippen LogP contribution in [0.15, 0.2) is 54.7 Å². The van der Waals surface area contributed by atoms with Crippen molar-refractivity contribution < 1.29 is 14.3 Å². The Bertz CT molecular complexity index is 828. The van der Waals surface area contributed by atoms with Crippen LogP contribution in [-0.2, 0) is 0 Å². The van der Waals surface area contributed by atoms with Crippen LogP contribution >= 0.6 is 0 Å². The van der Waals surface area contributed by atoms with Crippen LogP contribution in [0.25, 0.3) is 10.9 Å². The van der Waals surface area contributed by atoms with Gasteiger partial charge in [-0.1, -0.05) is 12.1 Å². The fourth-order valence-corrected chi connectivity index (χ4v) is 2.10. The molecule has 0 aliphatic heterocycles. The maximum absolute atomic E-state index is 13.7. The van der Waals surface area contributed by atoms with Crippen molar-refractivity contribution in [2.24, 2.45) is 0 Å². The summed E-state index contributed by atoms with van der Waals surface area (Å²) in [5, 5.41) is 12.4. The molecular weight excluding hydrogens is 271 g/mol. The third-order valence-electron chi connectivity index (χ3n) is 3.09. The number of carbonyl (C=O) groups excluding carboxylic acids is 1. The summed E-state index contributed by atoms with van der Waals surface area (Å²) >= 11 is 0. The van der Waals surface area contributed by atoms with Crippen molar-refractivity contribution >= 4 is 22.5 Å². The molecule has 0 spiro atoms. The second-order valence-corrected chi connectivity index (χ2v) is 4.49. The number of anilines is 1. The summed E-state index contributed by atoms with van der Waals surface area (Å²) in [6.07, 6.45) is 1.64. The number of pyridine rings is 1. The first kappa shape index (κ1) is 13.1. The Morgan fingerprint density at radius 2 is 2.00 bits per heavy atom. The highest BCUT2D eigenvalue weighted by Crippen LogP contribution is 2.22. The van der Waals surface area contributed by atoms with Crippen LogP contribution in [-0.4, -0.2) is 16.0 Å². The molecule has 0 saturated heterocycles. The molecule has 2 aromatic carbocycles. The molecule has 0 aliphatic carbocycles. The monoisotopic (exact) mass is 282 g/mol. The van der Waals surface area contributed by atoms with Crippen LogP contribution in [0, 0.1) is 5.82 Å². The molecule has 2 N–H and O–H groups in total. The average molecular weight is 282 g/mol. The lowest BCUT2D eigenvalue weighted by molar-refractivity contribution is 0.102. The molecule has 0 saturated carbocycles. The van der Waals surface area contributed by atoms with Gasteiger partial charge in [0.1, 0.15) is 11.6 Å². The standard InChI is InChI=1S/C16H11FN2O2/c17-13-9-10(20)6-7-15(13)19-16(21)12-3-1-5-14-11(12)4-2-8-18-14/h1-9,20H,(H,19,21). The van der Waals surface area contributed by atoms with Crippen LogP contribution < -0.4 is 5.32 Å². The highest BCUT2D eigenvalue weighted by Gasteiger charge is 2.12. The molecule has 5 heteroatoms. The lowest BCUT2D eigenvalue weighted by atomic mass is 10.1. The number of nitrogens with zero attached hydrogens (tertiary/aromatic N) is 1. The number of aromatic nitrogens is 1. The van der Waals surface area contributed by atoms with E-state index in [4.69, 9.17) is 5.11 Å². The number of phenols is 1. The van der Waals surface area contributed by atoms with E-state index in [1.165, 1.54) is 12.1 Å². The van der Waals surface area contributed by atoms with Crippen molar-refractivity contribution in [3.8, 4) is 5.75 Å². The molecule has 1 aromatic heterocycles. The van der Waals surface area contributed by atoms with E-state index in [0.717, 1.165) is 6.07 Å². The van der Waals surface area contributed by atoms with E-state index in [-0.39, 0.29) is 11.4 Å². The van der Waals surface area contributed by atoms with Gasteiger partial charge in [0, 0.05) is 23.2 Å². The average Bonchev–Trinajstić information content (AvgIpc) is 2.49. The SMILES string of the molecule is O=C(Nc1ccc(O)cc1F)c1cccc2ncccc12. The van der Waals surface area contributed by atoms with Crippen LogP contribution in [0.5, 0.6) is 5.75 Å². The minimum atomic E-state index is -0.693. The van der Waals surface area contributed by atoms with E-state index in [0.29, 0.717) is 16.5 Å². The number of fused-ring (bicyclic) bond motifs is 1. The quantitative estimate of drug-likeness (QED) is 0.709. The van der Waals surface area contributed by atoms with Crippen molar-refractivity contribution in [2.75, 3.05) is 5.32 Å². The molecule has 1 amide bonds. The predicted molar refractivity (Wildman–Crippen MR) is 77.8 cm³/mol. The summed E-state index contributed by atoms with van der Waals surface area (Å²) in [7, 11) is 0. The lowest BCUT2D eigenvalue weighted by Gasteiger charge is -2.08. The molecule has 0 atom stereocenters. The Morgan fingerprint density at radius 1 is 1.14 bits per heavy atom. The number of rotatable bonds is 2. The summed E-state index contributed by atoms with van der Waals surface area (Å²) in [6, 6.07) is 12.3. The van der Waals surface area contributed by atoms with Crippen LogP contribution in [0.1, 0.15) is 10.4 Å². The molecule has 0 bridgehead atoms. The van der Waals surface area contributed by atoms with E-state index in [1.54, 1.807) is 36.5 Å². The number of benzene rings is 2. The minimum absolute atomic E-state index is 0.0127. The second-order valence-electron chi connectivity index (χ2n) is 4.49. The largest absolute Gasteiger partial charge is 0.508 e. The molecule has 1 heterocycles. The molecule has 0 radical (unpaired) electrons. The van der Waals surface area contributed by atoms with Gasteiger partial charge in [-0.15, -0.1) is 0 Å². The molecular formula is C16H11FN2O2. The number of carbonyl (C=O) groups is 1. The van der Waals surface area contributed by atoms with E-state index in [9.17, 15) is 9.18 Å². The Hall–Kier alpha value is -2.95.